The van der Waals surface area contributed by atoms with Gasteiger partial charge in [-0.05, 0) is 31.5 Å². The number of carbonyl (C=O) groups excluding carboxylic acids is 1. The van der Waals surface area contributed by atoms with Gasteiger partial charge in [-0.25, -0.2) is 12.8 Å². The van der Waals surface area contributed by atoms with Crippen LogP contribution in [0.5, 0.6) is 0 Å². The van der Waals surface area contributed by atoms with Crippen LogP contribution in [0, 0.1) is 5.82 Å². The number of benzene rings is 1. The van der Waals surface area contributed by atoms with Gasteiger partial charge in [0.05, 0.1) is 18.2 Å². The van der Waals surface area contributed by atoms with E-state index in [4.69, 9.17) is 4.74 Å². The number of ether oxygens (including phenoxy) is 1. The van der Waals surface area contributed by atoms with E-state index < -0.39 is 45.3 Å². The Morgan fingerprint density at radius 1 is 1.35 bits per heavy atom. The lowest BCUT2D eigenvalue weighted by Crippen LogP contribution is -2.28. The van der Waals surface area contributed by atoms with E-state index >= 15 is 0 Å². The second-order valence-electron chi connectivity index (χ2n) is 4.69. The van der Waals surface area contributed by atoms with Crippen LogP contribution in [0.1, 0.15) is 25.3 Å². The van der Waals surface area contributed by atoms with Crippen LogP contribution in [0.2, 0.25) is 0 Å². The van der Waals surface area contributed by atoms with Crippen molar-refractivity contribution >= 4 is 21.7 Å². The third-order valence-electron chi connectivity index (χ3n) is 2.75. The van der Waals surface area contributed by atoms with E-state index in [0.29, 0.717) is 0 Å². The molecular weight excluding hydrogens is 342 g/mol. The first kappa shape index (κ1) is 19.2. The largest absolute Gasteiger partial charge is 0.466 e. The first-order chi connectivity index (χ1) is 10.4. The molecule has 0 heterocycles. The third-order valence-corrected chi connectivity index (χ3v) is 3.99. The topological polar surface area (TPSA) is 72.5 Å². The molecule has 0 aliphatic rings. The zero-order valence-corrected chi connectivity index (χ0v) is 13.1. The van der Waals surface area contributed by atoms with Crippen molar-refractivity contribution < 1.29 is 35.5 Å². The lowest BCUT2D eigenvalue weighted by Gasteiger charge is -2.14. The minimum absolute atomic E-state index is 0.140. The maximum Gasteiger partial charge on any atom is 0.404 e. The molecule has 130 valence electrons. The molecule has 1 atom stereocenters. The predicted molar refractivity (Wildman–Crippen MR) is 74.9 cm³/mol. The maximum absolute atomic E-state index is 13.9. The summed E-state index contributed by atoms with van der Waals surface area (Å²) in [4.78, 5) is 11.5. The first-order valence-corrected chi connectivity index (χ1v) is 8.13. The predicted octanol–water partition coefficient (Wildman–Crippen LogP) is 2.80. The molecule has 0 spiro atoms. The van der Waals surface area contributed by atoms with Gasteiger partial charge in [0, 0.05) is 0 Å². The summed E-state index contributed by atoms with van der Waals surface area (Å²) in [6.07, 6.45) is -4.94. The van der Waals surface area contributed by atoms with Crippen molar-refractivity contribution in [3.63, 3.8) is 0 Å². The van der Waals surface area contributed by atoms with Gasteiger partial charge < -0.3 is 4.74 Å². The molecule has 0 aromatic heterocycles. The Kier molecular flexibility index (Phi) is 5.98. The van der Waals surface area contributed by atoms with Crippen LogP contribution in [-0.2, 0) is 19.6 Å². The van der Waals surface area contributed by atoms with Crippen molar-refractivity contribution in [1.82, 2.24) is 0 Å². The lowest BCUT2D eigenvalue weighted by atomic mass is 10.0. The smallest absolute Gasteiger partial charge is 0.404 e. The van der Waals surface area contributed by atoms with Crippen LogP contribution < -0.4 is 4.72 Å². The van der Waals surface area contributed by atoms with E-state index in [0.717, 1.165) is 12.1 Å². The van der Waals surface area contributed by atoms with Gasteiger partial charge in [0.15, 0.2) is 5.75 Å². The second-order valence-corrected chi connectivity index (χ2v) is 6.41. The number of sulfonamides is 1. The molecule has 0 aliphatic heterocycles. The van der Waals surface area contributed by atoms with Crippen LogP contribution in [-0.4, -0.2) is 32.9 Å². The summed E-state index contributed by atoms with van der Waals surface area (Å²) >= 11 is 0. The Bertz CT molecular complexity index is 673. The van der Waals surface area contributed by atoms with Crippen LogP contribution in [0.4, 0.5) is 23.2 Å². The first-order valence-electron chi connectivity index (χ1n) is 6.48. The van der Waals surface area contributed by atoms with Crippen molar-refractivity contribution in [2.45, 2.75) is 25.9 Å². The summed E-state index contributed by atoms with van der Waals surface area (Å²) in [5.41, 5.74) is -0.422. The van der Waals surface area contributed by atoms with Gasteiger partial charge in [0.1, 0.15) is 5.82 Å². The van der Waals surface area contributed by atoms with Crippen molar-refractivity contribution in [2.75, 3.05) is 17.1 Å². The molecule has 0 fully saturated rings. The maximum atomic E-state index is 13.9. The molecule has 1 N–H and O–H groups in total. The third kappa shape index (κ3) is 6.05. The molecule has 0 amide bonds. The number of carbonyl (C=O) groups is 1. The Morgan fingerprint density at radius 2 is 1.96 bits per heavy atom. The molecular formula is C13H15F4NO4S. The summed E-state index contributed by atoms with van der Waals surface area (Å²) in [6.45, 7) is 3.20. The number of rotatable bonds is 6. The average Bonchev–Trinajstić information content (AvgIpc) is 2.37. The second kappa shape index (κ2) is 7.16. The fourth-order valence-corrected chi connectivity index (χ4v) is 2.71. The van der Waals surface area contributed by atoms with Crippen LogP contribution in [0.25, 0.3) is 0 Å². The monoisotopic (exact) mass is 357 g/mol. The van der Waals surface area contributed by atoms with Crippen molar-refractivity contribution in [3.05, 3.63) is 29.6 Å². The molecule has 0 bridgehead atoms. The van der Waals surface area contributed by atoms with Crippen LogP contribution in [0.3, 0.4) is 0 Å². The lowest BCUT2D eigenvalue weighted by molar-refractivity contribution is -0.144. The number of alkyl halides is 3. The number of hydrogen-bond acceptors (Lipinski definition) is 4. The zero-order chi connectivity index (χ0) is 17.8. The van der Waals surface area contributed by atoms with Crippen LogP contribution in [0.15, 0.2) is 18.2 Å². The Hall–Kier alpha value is -1.84. The van der Waals surface area contributed by atoms with Gasteiger partial charge >= 0.3 is 12.1 Å². The minimum atomic E-state index is -4.94. The van der Waals surface area contributed by atoms with Gasteiger partial charge in [0.25, 0.3) is 0 Å². The zero-order valence-electron chi connectivity index (χ0n) is 12.3. The van der Waals surface area contributed by atoms with Gasteiger partial charge in [-0.15, -0.1) is 0 Å². The van der Waals surface area contributed by atoms with E-state index in [1.54, 1.807) is 6.92 Å². The quantitative estimate of drug-likeness (QED) is 0.628. The summed E-state index contributed by atoms with van der Waals surface area (Å²) in [5.74, 6) is -4.62. The number of halogens is 4. The highest BCUT2D eigenvalue weighted by molar-refractivity contribution is 7.92. The molecule has 5 nitrogen and oxygen atoms in total. The van der Waals surface area contributed by atoms with E-state index in [1.165, 1.54) is 17.7 Å². The standard InChI is InChI=1S/C13H15F4NO4S/c1-3-22-12(19)8(2)9-4-5-11(10(14)6-9)18-23(20,21)7-13(15,16)17/h4-6,8,18H,3,7H2,1-2H3. The van der Waals surface area contributed by atoms with Gasteiger partial charge in [0.2, 0.25) is 10.0 Å². The van der Waals surface area contributed by atoms with Gasteiger partial charge in [-0.2, -0.15) is 13.2 Å². The van der Waals surface area contributed by atoms with Crippen molar-refractivity contribution in [1.29, 1.82) is 0 Å². The number of nitrogens with one attached hydrogen (secondary N) is 1. The van der Waals surface area contributed by atoms with Gasteiger partial charge in [-0.1, -0.05) is 6.07 Å². The molecule has 1 aromatic rings. The number of hydrogen-bond donors (Lipinski definition) is 1. The normalized spacial score (nSPS) is 13.5. The molecule has 1 unspecified atom stereocenters. The summed E-state index contributed by atoms with van der Waals surface area (Å²) in [6, 6.07) is 3.05. The highest BCUT2D eigenvalue weighted by Crippen LogP contribution is 2.25. The van der Waals surface area contributed by atoms with Crippen molar-refractivity contribution in [2.24, 2.45) is 0 Å². The van der Waals surface area contributed by atoms with E-state index in [2.05, 4.69) is 0 Å². The highest BCUT2D eigenvalue weighted by Gasteiger charge is 2.35. The van der Waals surface area contributed by atoms with E-state index in [1.807, 2.05) is 0 Å². The Balaban J connectivity index is 2.95. The molecule has 1 rings (SSSR count). The van der Waals surface area contributed by atoms with E-state index in [-0.39, 0.29) is 12.2 Å². The fourth-order valence-electron chi connectivity index (χ4n) is 1.71. The summed E-state index contributed by atoms with van der Waals surface area (Å²) in [7, 11) is -4.78. The molecule has 0 saturated carbocycles. The molecule has 0 radical (unpaired) electrons. The molecule has 0 aliphatic carbocycles. The summed E-state index contributed by atoms with van der Waals surface area (Å²) < 4.78 is 79.1. The van der Waals surface area contributed by atoms with Crippen LogP contribution >= 0.6 is 0 Å². The number of anilines is 1. The van der Waals surface area contributed by atoms with Gasteiger partial charge in [-0.3, -0.25) is 9.52 Å². The van der Waals surface area contributed by atoms with Crippen molar-refractivity contribution in [3.8, 4) is 0 Å². The molecule has 10 heteroatoms. The Morgan fingerprint density at radius 3 is 2.43 bits per heavy atom. The fraction of sp³-hybridized carbons (Fsp3) is 0.462. The SMILES string of the molecule is CCOC(=O)C(C)c1ccc(NS(=O)(=O)CC(F)(F)F)c(F)c1. The Labute approximate surface area is 130 Å². The van der Waals surface area contributed by atoms with E-state index in [9.17, 15) is 30.8 Å². The molecule has 23 heavy (non-hydrogen) atoms. The minimum Gasteiger partial charge on any atom is -0.466 e. The summed E-state index contributed by atoms with van der Waals surface area (Å²) in [5, 5.41) is 0. The molecule has 0 saturated heterocycles. The average molecular weight is 357 g/mol. The highest BCUT2D eigenvalue weighted by atomic mass is 32.2. The number of esters is 1. The molecule has 1 aromatic carbocycles.